The Morgan fingerprint density at radius 2 is 2.10 bits per heavy atom. The van der Waals surface area contributed by atoms with Gasteiger partial charge in [-0.2, -0.15) is 0 Å². The Bertz CT molecular complexity index is 298. The van der Waals surface area contributed by atoms with Crippen molar-refractivity contribution in [2.75, 3.05) is 46.9 Å². The summed E-state index contributed by atoms with van der Waals surface area (Å²) >= 11 is 0. The fourth-order valence-corrected chi connectivity index (χ4v) is 4.32. The molecular weight excluding hydrogens is 262 g/mol. The topological polar surface area (TPSA) is 38.7 Å². The number of hydrogen-bond acceptors (Lipinski definition) is 4. The van der Waals surface area contributed by atoms with Gasteiger partial charge in [0.1, 0.15) is 0 Å². The first-order chi connectivity index (χ1) is 10.1. The molecule has 0 aliphatic carbocycles. The molecule has 3 unspecified atom stereocenters. The molecule has 2 rings (SSSR count). The van der Waals surface area contributed by atoms with E-state index < -0.39 is 0 Å². The van der Waals surface area contributed by atoms with Gasteiger partial charge >= 0.3 is 0 Å². The standard InChI is InChI=1S/C17H35N3O/c1-4-17(14-21,18-2)9-6-11-20-12-8-16-15(13-20)7-5-10-19(16)3/h15-16,18,21H,4-14H2,1-3H3. The second-order valence-electron chi connectivity index (χ2n) is 7.19. The highest BCUT2D eigenvalue weighted by Crippen LogP contribution is 2.29. The van der Waals surface area contributed by atoms with Crippen molar-refractivity contribution < 1.29 is 5.11 Å². The van der Waals surface area contributed by atoms with Crippen LogP contribution in [-0.4, -0.2) is 73.4 Å². The normalized spacial score (nSPS) is 30.9. The lowest BCUT2D eigenvalue weighted by Crippen LogP contribution is -2.53. The van der Waals surface area contributed by atoms with Crippen LogP contribution in [0.15, 0.2) is 0 Å². The van der Waals surface area contributed by atoms with E-state index in [4.69, 9.17) is 0 Å². The molecule has 0 bridgehead atoms. The number of nitrogens with one attached hydrogen (secondary N) is 1. The zero-order chi connectivity index (χ0) is 15.3. The molecule has 0 aromatic rings. The molecule has 21 heavy (non-hydrogen) atoms. The molecular formula is C17H35N3O. The highest BCUT2D eigenvalue weighted by atomic mass is 16.3. The summed E-state index contributed by atoms with van der Waals surface area (Å²) in [5.41, 5.74) is -0.0661. The van der Waals surface area contributed by atoms with Gasteiger partial charge in [-0.25, -0.2) is 0 Å². The van der Waals surface area contributed by atoms with Crippen molar-refractivity contribution in [3.05, 3.63) is 0 Å². The van der Waals surface area contributed by atoms with Gasteiger partial charge in [-0.15, -0.1) is 0 Å². The molecule has 0 radical (unpaired) electrons. The van der Waals surface area contributed by atoms with E-state index in [-0.39, 0.29) is 12.1 Å². The molecule has 2 saturated heterocycles. The minimum atomic E-state index is -0.0661. The third kappa shape index (κ3) is 4.19. The minimum Gasteiger partial charge on any atom is -0.394 e. The van der Waals surface area contributed by atoms with Crippen molar-refractivity contribution in [1.82, 2.24) is 15.1 Å². The van der Waals surface area contributed by atoms with Gasteiger partial charge in [0, 0.05) is 18.1 Å². The Kier molecular flexibility index (Phi) is 6.48. The summed E-state index contributed by atoms with van der Waals surface area (Å²) in [6.07, 6.45) is 7.37. The molecule has 2 heterocycles. The third-order valence-electron chi connectivity index (χ3n) is 6.07. The van der Waals surface area contributed by atoms with Crippen molar-refractivity contribution in [1.29, 1.82) is 0 Å². The van der Waals surface area contributed by atoms with E-state index in [9.17, 15) is 5.11 Å². The summed E-state index contributed by atoms with van der Waals surface area (Å²) in [6, 6.07) is 0.833. The summed E-state index contributed by atoms with van der Waals surface area (Å²) < 4.78 is 0. The van der Waals surface area contributed by atoms with E-state index in [1.54, 1.807) is 0 Å². The van der Waals surface area contributed by atoms with Crippen LogP contribution in [0.2, 0.25) is 0 Å². The molecule has 0 aromatic carbocycles. The summed E-state index contributed by atoms with van der Waals surface area (Å²) in [5.74, 6) is 0.885. The maximum Gasteiger partial charge on any atom is 0.0613 e. The first-order valence-electron chi connectivity index (χ1n) is 8.86. The number of fused-ring (bicyclic) bond motifs is 1. The Labute approximate surface area is 130 Å². The van der Waals surface area contributed by atoms with Crippen molar-refractivity contribution in [2.24, 2.45) is 5.92 Å². The second kappa shape index (κ2) is 7.91. The quantitative estimate of drug-likeness (QED) is 0.748. The average Bonchev–Trinajstić information content (AvgIpc) is 2.52. The number of piperidine rings is 2. The Balaban J connectivity index is 1.75. The SMILES string of the molecule is CCC(CO)(CCCN1CCC2C(CCCN2C)C1)NC. The van der Waals surface area contributed by atoms with E-state index in [0.717, 1.165) is 24.8 Å². The van der Waals surface area contributed by atoms with Crippen LogP contribution in [0.1, 0.15) is 45.4 Å². The lowest BCUT2D eigenvalue weighted by molar-refractivity contribution is 0.0363. The number of rotatable bonds is 7. The molecule has 4 heteroatoms. The molecule has 0 amide bonds. The van der Waals surface area contributed by atoms with Crippen LogP contribution in [0, 0.1) is 5.92 Å². The van der Waals surface area contributed by atoms with Crippen LogP contribution in [0.25, 0.3) is 0 Å². The molecule has 124 valence electrons. The van der Waals surface area contributed by atoms with Gasteiger partial charge in [0.2, 0.25) is 0 Å². The summed E-state index contributed by atoms with van der Waals surface area (Å²) in [4.78, 5) is 5.24. The van der Waals surface area contributed by atoms with E-state index in [1.807, 2.05) is 7.05 Å². The van der Waals surface area contributed by atoms with E-state index in [2.05, 4.69) is 29.1 Å². The predicted octanol–water partition coefficient (Wildman–Crippen LogP) is 1.54. The number of aliphatic hydroxyl groups is 1. The lowest BCUT2D eigenvalue weighted by Gasteiger charge is -2.46. The zero-order valence-corrected chi connectivity index (χ0v) is 14.3. The molecule has 4 nitrogen and oxygen atoms in total. The van der Waals surface area contributed by atoms with Gasteiger partial charge in [0.05, 0.1) is 6.61 Å². The van der Waals surface area contributed by atoms with Gasteiger partial charge < -0.3 is 20.2 Å². The lowest BCUT2D eigenvalue weighted by atomic mass is 9.84. The monoisotopic (exact) mass is 297 g/mol. The molecule has 2 fully saturated rings. The molecule has 2 aliphatic heterocycles. The maximum absolute atomic E-state index is 9.62. The Morgan fingerprint density at radius 3 is 2.76 bits per heavy atom. The van der Waals surface area contributed by atoms with Crippen LogP contribution >= 0.6 is 0 Å². The van der Waals surface area contributed by atoms with E-state index in [1.165, 1.54) is 51.9 Å². The summed E-state index contributed by atoms with van der Waals surface area (Å²) in [5, 5.41) is 12.9. The number of hydrogen-bond donors (Lipinski definition) is 2. The van der Waals surface area contributed by atoms with E-state index in [0.29, 0.717) is 0 Å². The summed E-state index contributed by atoms with van der Waals surface area (Å²) in [6.45, 7) is 7.43. The molecule has 0 spiro atoms. The first kappa shape index (κ1) is 17.2. The van der Waals surface area contributed by atoms with Crippen LogP contribution in [0.5, 0.6) is 0 Å². The maximum atomic E-state index is 9.62. The fourth-order valence-electron chi connectivity index (χ4n) is 4.32. The molecule has 3 atom stereocenters. The van der Waals surface area contributed by atoms with Crippen LogP contribution in [0.4, 0.5) is 0 Å². The Hall–Kier alpha value is -0.160. The second-order valence-corrected chi connectivity index (χ2v) is 7.19. The first-order valence-corrected chi connectivity index (χ1v) is 8.86. The summed E-state index contributed by atoms with van der Waals surface area (Å²) in [7, 11) is 4.28. The molecule has 2 N–H and O–H groups in total. The van der Waals surface area contributed by atoms with Gasteiger partial charge in [-0.3, -0.25) is 0 Å². The van der Waals surface area contributed by atoms with E-state index >= 15 is 0 Å². The van der Waals surface area contributed by atoms with Gasteiger partial charge in [0.15, 0.2) is 0 Å². The fraction of sp³-hybridized carbons (Fsp3) is 1.00. The van der Waals surface area contributed by atoms with Crippen LogP contribution in [-0.2, 0) is 0 Å². The van der Waals surface area contributed by atoms with Gasteiger partial charge in [-0.1, -0.05) is 6.92 Å². The number of likely N-dealkylation sites (tertiary alicyclic amines) is 2. The highest BCUT2D eigenvalue weighted by molar-refractivity contribution is 4.90. The molecule has 2 aliphatic rings. The van der Waals surface area contributed by atoms with Crippen LogP contribution < -0.4 is 5.32 Å². The minimum absolute atomic E-state index is 0.0661. The molecule has 0 saturated carbocycles. The average molecular weight is 297 g/mol. The number of nitrogens with zero attached hydrogens (tertiary/aromatic N) is 2. The van der Waals surface area contributed by atoms with Gasteiger partial charge in [-0.05, 0) is 78.2 Å². The molecule has 0 aromatic heterocycles. The zero-order valence-electron chi connectivity index (χ0n) is 14.3. The predicted molar refractivity (Wildman–Crippen MR) is 88.6 cm³/mol. The largest absolute Gasteiger partial charge is 0.394 e. The highest BCUT2D eigenvalue weighted by Gasteiger charge is 2.34. The van der Waals surface area contributed by atoms with Crippen molar-refractivity contribution in [3.63, 3.8) is 0 Å². The Morgan fingerprint density at radius 1 is 1.29 bits per heavy atom. The van der Waals surface area contributed by atoms with Crippen molar-refractivity contribution in [3.8, 4) is 0 Å². The third-order valence-corrected chi connectivity index (χ3v) is 6.07. The van der Waals surface area contributed by atoms with Crippen LogP contribution in [0.3, 0.4) is 0 Å². The van der Waals surface area contributed by atoms with Crippen molar-refractivity contribution in [2.45, 2.75) is 57.0 Å². The number of likely N-dealkylation sites (N-methyl/N-ethyl adjacent to an activating group) is 1. The van der Waals surface area contributed by atoms with Crippen molar-refractivity contribution >= 4 is 0 Å². The van der Waals surface area contributed by atoms with Gasteiger partial charge in [0.25, 0.3) is 0 Å². The smallest absolute Gasteiger partial charge is 0.0613 e. The number of aliphatic hydroxyl groups excluding tert-OH is 1.